The molecule has 0 aliphatic rings. The smallest absolute Gasteiger partial charge is 0.333 e. The van der Waals surface area contributed by atoms with Gasteiger partial charge in [0, 0.05) is 45.7 Å². The van der Waals surface area contributed by atoms with Gasteiger partial charge in [-0.1, -0.05) is 55.1 Å². The van der Waals surface area contributed by atoms with E-state index in [1.54, 1.807) is 6.92 Å². The number of esters is 1. The Bertz CT molecular complexity index is 1390. The lowest BCUT2D eigenvalue weighted by atomic mass is 9.85. The Balaban J connectivity index is 1.45. The second-order valence-electron chi connectivity index (χ2n) is 8.35. The van der Waals surface area contributed by atoms with Crippen LogP contribution < -0.4 is 4.74 Å². The number of hydrogen-bond donors (Lipinski definition) is 2. The molecule has 0 aliphatic carbocycles. The van der Waals surface area contributed by atoms with Crippen LogP contribution in [0.1, 0.15) is 29.5 Å². The Morgan fingerprint density at radius 1 is 0.824 bits per heavy atom. The number of benzene rings is 3. The predicted molar refractivity (Wildman–Crippen MR) is 135 cm³/mol. The zero-order chi connectivity index (χ0) is 23.5. The van der Waals surface area contributed by atoms with Gasteiger partial charge in [-0.05, 0) is 47.9 Å². The second-order valence-corrected chi connectivity index (χ2v) is 8.35. The van der Waals surface area contributed by atoms with Crippen LogP contribution in [-0.2, 0) is 9.53 Å². The first-order valence-corrected chi connectivity index (χ1v) is 11.3. The predicted octanol–water partition coefficient (Wildman–Crippen LogP) is 6.33. The molecule has 0 spiro atoms. The van der Waals surface area contributed by atoms with Gasteiger partial charge in [0.2, 0.25) is 0 Å². The van der Waals surface area contributed by atoms with E-state index in [4.69, 9.17) is 9.47 Å². The van der Waals surface area contributed by atoms with Gasteiger partial charge in [0.25, 0.3) is 0 Å². The lowest BCUT2D eigenvalue weighted by Gasteiger charge is -2.18. The average Bonchev–Trinajstić information content (AvgIpc) is 3.48. The van der Waals surface area contributed by atoms with Crippen molar-refractivity contribution in [3.05, 3.63) is 114 Å². The summed E-state index contributed by atoms with van der Waals surface area (Å²) in [7, 11) is 0. The van der Waals surface area contributed by atoms with E-state index >= 15 is 0 Å². The minimum absolute atomic E-state index is 0.0397. The molecule has 5 aromatic rings. The van der Waals surface area contributed by atoms with Crippen molar-refractivity contribution >= 4 is 27.8 Å². The van der Waals surface area contributed by atoms with Gasteiger partial charge in [-0.15, -0.1) is 0 Å². The Kier molecular flexibility index (Phi) is 5.91. The normalized spacial score (nSPS) is 11.2. The van der Waals surface area contributed by atoms with Crippen LogP contribution in [0.25, 0.3) is 21.8 Å². The van der Waals surface area contributed by atoms with E-state index in [0.29, 0.717) is 5.57 Å². The number of nitrogens with one attached hydrogen (secondary N) is 2. The van der Waals surface area contributed by atoms with E-state index in [-0.39, 0.29) is 19.1 Å². The summed E-state index contributed by atoms with van der Waals surface area (Å²) >= 11 is 0. The van der Waals surface area contributed by atoms with Gasteiger partial charge in [-0.2, -0.15) is 0 Å². The second kappa shape index (κ2) is 9.32. The van der Waals surface area contributed by atoms with Crippen molar-refractivity contribution < 1.29 is 14.3 Å². The minimum atomic E-state index is -0.403. The van der Waals surface area contributed by atoms with Gasteiger partial charge >= 0.3 is 5.97 Å². The van der Waals surface area contributed by atoms with Crippen LogP contribution >= 0.6 is 0 Å². The molecule has 34 heavy (non-hydrogen) atoms. The topological polar surface area (TPSA) is 67.1 Å². The number of para-hydroxylation sites is 2. The van der Waals surface area contributed by atoms with Gasteiger partial charge in [-0.3, -0.25) is 0 Å². The third-order valence-electron chi connectivity index (χ3n) is 6.01. The van der Waals surface area contributed by atoms with Crippen LogP contribution in [0.15, 0.2) is 97.3 Å². The summed E-state index contributed by atoms with van der Waals surface area (Å²) in [6.07, 6.45) is 4.22. The summed E-state index contributed by atoms with van der Waals surface area (Å²) in [5, 5.41) is 2.41. The van der Waals surface area contributed by atoms with Gasteiger partial charge < -0.3 is 19.4 Å². The molecule has 0 radical (unpaired) electrons. The maximum atomic E-state index is 11.5. The van der Waals surface area contributed by atoms with Gasteiger partial charge in [0.1, 0.15) is 19.0 Å². The molecule has 0 saturated heterocycles. The van der Waals surface area contributed by atoms with Crippen LogP contribution in [0.3, 0.4) is 0 Å². The van der Waals surface area contributed by atoms with E-state index in [1.807, 2.05) is 24.3 Å². The maximum Gasteiger partial charge on any atom is 0.333 e. The molecule has 170 valence electrons. The van der Waals surface area contributed by atoms with Crippen molar-refractivity contribution in [2.75, 3.05) is 13.2 Å². The fourth-order valence-corrected chi connectivity index (χ4v) is 4.37. The van der Waals surface area contributed by atoms with E-state index in [9.17, 15) is 4.79 Å². The van der Waals surface area contributed by atoms with Crippen molar-refractivity contribution in [3.63, 3.8) is 0 Å². The van der Waals surface area contributed by atoms with E-state index in [0.717, 1.165) is 22.3 Å². The van der Waals surface area contributed by atoms with Gasteiger partial charge in [0.05, 0.1) is 0 Å². The average molecular weight is 451 g/mol. The van der Waals surface area contributed by atoms with E-state index in [1.165, 1.54) is 21.9 Å². The van der Waals surface area contributed by atoms with Crippen molar-refractivity contribution in [1.29, 1.82) is 0 Å². The highest BCUT2D eigenvalue weighted by Gasteiger charge is 2.23. The Labute approximate surface area is 198 Å². The summed E-state index contributed by atoms with van der Waals surface area (Å²) in [5.41, 5.74) is 6.22. The molecule has 2 heterocycles. The standard InChI is InChI=1S/C29H26N2O3/c1-19(2)29(32)34-16-15-33-21-13-11-20(12-14-21)28(24-17-30-26-9-5-3-7-22(24)26)25-18-31-27-10-6-4-8-23(25)27/h3-14,17-18,28,30-31H,1,15-16H2,2H3. The third-order valence-corrected chi connectivity index (χ3v) is 6.01. The number of carbonyl (C=O) groups excluding carboxylic acids is 1. The number of rotatable bonds is 8. The Hall–Kier alpha value is -4.25. The molecule has 0 bridgehead atoms. The molecule has 2 aromatic heterocycles. The zero-order valence-electron chi connectivity index (χ0n) is 19.0. The maximum absolute atomic E-state index is 11.5. The summed E-state index contributed by atoms with van der Waals surface area (Å²) in [5.74, 6) is 0.365. The first kappa shape index (κ1) is 21.6. The highest BCUT2D eigenvalue weighted by atomic mass is 16.6. The molecule has 5 rings (SSSR count). The molecule has 5 heteroatoms. The summed E-state index contributed by atoms with van der Waals surface area (Å²) in [4.78, 5) is 18.4. The fraction of sp³-hybridized carbons (Fsp3) is 0.138. The lowest BCUT2D eigenvalue weighted by molar-refractivity contribution is -0.139. The van der Waals surface area contributed by atoms with Crippen LogP contribution in [-0.4, -0.2) is 29.2 Å². The molecular formula is C29H26N2O3. The Morgan fingerprint density at radius 2 is 1.38 bits per heavy atom. The quantitative estimate of drug-likeness (QED) is 0.165. The van der Waals surface area contributed by atoms with Crippen molar-refractivity contribution in [2.24, 2.45) is 0 Å². The summed E-state index contributed by atoms with van der Waals surface area (Å²) < 4.78 is 10.9. The number of aromatic amines is 2. The number of ether oxygens (including phenoxy) is 2. The van der Waals surface area contributed by atoms with E-state index in [2.05, 4.69) is 77.5 Å². The number of aromatic nitrogens is 2. The van der Waals surface area contributed by atoms with Crippen LogP contribution in [0.2, 0.25) is 0 Å². The molecule has 0 atom stereocenters. The summed E-state index contributed by atoms with van der Waals surface area (Å²) in [6.45, 7) is 5.67. The van der Waals surface area contributed by atoms with Crippen molar-refractivity contribution in [3.8, 4) is 5.75 Å². The van der Waals surface area contributed by atoms with Crippen LogP contribution in [0.5, 0.6) is 5.75 Å². The summed E-state index contributed by atoms with van der Waals surface area (Å²) in [6, 6.07) is 24.9. The first-order chi connectivity index (χ1) is 16.6. The molecule has 0 amide bonds. The molecular weight excluding hydrogens is 424 g/mol. The third kappa shape index (κ3) is 4.20. The molecule has 0 unspecified atom stereocenters. The van der Waals surface area contributed by atoms with Gasteiger partial charge in [-0.25, -0.2) is 4.79 Å². The van der Waals surface area contributed by atoms with Crippen molar-refractivity contribution in [1.82, 2.24) is 9.97 Å². The molecule has 0 saturated carbocycles. The molecule has 0 fully saturated rings. The lowest BCUT2D eigenvalue weighted by Crippen LogP contribution is -2.12. The number of hydrogen-bond acceptors (Lipinski definition) is 3. The molecule has 0 aliphatic heterocycles. The first-order valence-electron chi connectivity index (χ1n) is 11.3. The number of fused-ring (bicyclic) bond motifs is 2. The van der Waals surface area contributed by atoms with Gasteiger partial charge in [0.15, 0.2) is 0 Å². The SMILES string of the molecule is C=C(C)C(=O)OCCOc1ccc(C(c2c[nH]c3ccccc23)c2c[nH]c3ccccc23)cc1. The van der Waals surface area contributed by atoms with Crippen LogP contribution in [0, 0.1) is 0 Å². The zero-order valence-corrected chi connectivity index (χ0v) is 19.0. The minimum Gasteiger partial charge on any atom is -0.490 e. The fourth-order valence-electron chi connectivity index (χ4n) is 4.37. The Morgan fingerprint density at radius 3 is 1.94 bits per heavy atom. The number of H-pyrrole nitrogens is 2. The highest BCUT2D eigenvalue weighted by Crippen LogP contribution is 2.39. The highest BCUT2D eigenvalue weighted by molar-refractivity contribution is 5.89. The van der Waals surface area contributed by atoms with E-state index < -0.39 is 5.97 Å². The van der Waals surface area contributed by atoms with Crippen LogP contribution in [0.4, 0.5) is 0 Å². The largest absolute Gasteiger partial charge is 0.490 e. The molecule has 5 nitrogen and oxygen atoms in total. The molecule has 3 aromatic carbocycles. The van der Waals surface area contributed by atoms with Crippen molar-refractivity contribution in [2.45, 2.75) is 12.8 Å². The monoisotopic (exact) mass is 450 g/mol. The molecule has 2 N–H and O–H groups in total. The number of carbonyl (C=O) groups is 1.